The summed E-state index contributed by atoms with van der Waals surface area (Å²) in [5.74, 6) is 0.234. The van der Waals surface area contributed by atoms with Crippen LogP contribution in [0.2, 0.25) is 0 Å². The molecule has 0 aromatic carbocycles. The van der Waals surface area contributed by atoms with E-state index in [9.17, 15) is 4.79 Å². The highest BCUT2D eigenvalue weighted by Crippen LogP contribution is 1.96. The van der Waals surface area contributed by atoms with Crippen LogP contribution in [0.25, 0.3) is 0 Å². The molecule has 0 radical (unpaired) electrons. The van der Waals surface area contributed by atoms with Crippen LogP contribution in [0.5, 0.6) is 0 Å². The first-order valence-electron chi connectivity index (χ1n) is 4.86. The van der Waals surface area contributed by atoms with E-state index in [0.717, 1.165) is 0 Å². The zero-order valence-corrected chi connectivity index (χ0v) is 9.26. The molecule has 0 aliphatic heterocycles. The summed E-state index contributed by atoms with van der Waals surface area (Å²) in [4.78, 5) is 11.3. The Hall–Kier alpha value is -0.570. The van der Waals surface area contributed by atoms with Gasteiger partial charge in [0.25, 0.3) is 0 Å². The normalized spacial score (nSPS) is 13.5. The fourth-order valence-electron chi connectivity index (χ4n) is 0.942. The summed E-state index contributed by atoms with van der Waals surface area (Å²) >= 11 is 0. The number of carbonyl (C=O) groups excluding carboxylic acids is 1. The topological polar surface area (TPSA) is 38.3 Å². The summed E-state index contributed by atoms with van der Waals surface area (Å²) < 4.78 is 5.06. The van der Waals surface area contributed by atoms with E-state index in [0.29, 0.717) is 18.6 Å². The molecule has 0 unspecified atom stereocenters. The number of carbonyl (C=O) groups is 1. The van der Waals surface area contributed by atoms with E-state index in [4.69, 9.17) is 4.74 Å². The van der Waals surface area contributed by atoms with Gasteiger partial charge in [0.1, 0.15) is 6.04 Å². The van der Waals surface area contributed by atoms with Gasteiger partial charge >= 0.3 is 5.97 Å². The van der Waals surface area contributed by atoms with Gasteiger partial charge in [-0.3, -0.25) is 4.79 Å². The Morgan fingerprint density at radius 1 is 1.23 bits per heavy atom. The molecule has 0 spiro atoms. The Kier molecular flexibility index (Phi) is 5.71. The first-order valence-corrected chi connectivity index (χ1v) is 4.86. The molecule has 78 valence electrons. The lowest BCUT2D eigenvalue weighted by molar-refractivity contribution is -0.146. The van der Waals surface area contributed by atoms with Gasteiger partial charge in [0.05, 0.1) is 6.61 Å². The highest BCUT2D eigenvalue weighted by atomic mass is 16.5. The van der Waals surface area contributed by atoms with Gasteiger partial charge in [-0.25, -0.2) is 0 Å². The minimum atomic E-state index is -0.209. The maximum Gasteiger partial charge on any atom is 0.322 e. The van der Waals surface area contributed by atoms with Crippen LogP contribution in [0.4, 0.5) is 0 Å². The van der Waals surface area contributed by atoms with Crippen LogP contribution in [0.15, 0.2) is 0 Å². The third-order valence-corrected chi connectivity index (χ3v) is 1.50. The molecule has 13 heavy (non-hydrogen) atoms. The maximum absolute atomic E-state index is 11.3. The van der Waals surface area contributed by atoms with E-state index in [1.807, 2.05) is 34.6 Å². The second kappa shape index (κ2) is 5.97. The molecule has 0 amide bonds. The van der Waals surface area contributed by atoms with Crippen LogP contribution < -0.4 is 5.32 Å². The van der Waals surface area contributed by atoms with E-state index in [1.54, 1.807) is 0 Å². The molecular weight excluding hydrogens is 166 g/mol. The molecule has 0 aliphatic rings. The van der Waals surface area contributed by atoms with E-state index in [2.05, 4.69) is 5.32 Å². The molecule has 0 saturated heterocycles. The lowest BCUT2D eigenvalue weighted by Gasteiger charge is -2.16. The molecule has 1 atom stereocenters. The second-order valence-corrected chi connectivity index (χ2v) is 4.07. The van der Waals surface area contributed by atoms with Crippen molar-refractivity contribution in [2.45, 2.75) is 46.7 Å². The molecule has 1 N–H and O–H groups in total. The SMILES string of the molecule is CC(C)COC(=O)[C@@H](C)NC(C)C. The summed E-state index contributed by atoms with van der Waals surface area (Å²) in [6.45, 7) is 10.4. The summed E-state index contributed by atoms with van der Waals surface area (Å²) in [6.07, 6.45) is 0. The van der Waals surface area contributed by atoms with E-state index in [-0.39, 0.29) is 12.0 Å². The molecule has 0 aromatic rings. The molecule has 3 heteroatoms. The Bertz CT molecular complexity index is 155. The van der Waals surface area contributed by atoms with Crippen molar-refractivity contribution in [1.29, 1.82) is 0 Å². The molecule has 0 aliphatic carbocycles. The molecule has 0 heterocycles. The maximum atomic E-state index is 11.3. The molecule has 3 nitrogen and oxygen atoms in total. The van der Waals surface area contributed by atoms with Gasteiger partial charge in [0.2, 0.25) is 0 Å². The van der Waals surface area contributed by atoms with Gasteiger partial charge in [-0.15, -0.1) is 0 Å². The van der Waals surface area contributed by atoms with Crippen LogP contribution in [0, 0.1) is 5.92 Å². The summed E-state index contributed by atoms with van der Waals surface area (Å²) in [5, 5.41) is 3.09. The fraction of sp³-hybridized carbons (Fsp3) is 0.900. The van der Waals surface area contributed by atoms with Crippen molar-refractivity contribution in [2.75, 3.05) is 6.61 Å². The molecule has 0 bridgehead atoms. The lowest BCUT2D eigenvalue weighted by atomic mass is 10.2. The Morgan fingerprint density at radius 3 is 2.15 bits per heavy atom. The minimum Gasteiger partial charge on any atom is -0.464 e. The van der Waals surface area contributed by atoms with Gasteiger partial charge in [-0.2, -0.15) is 0 Å². The first-order chi connectivity index (χ1) is 5.93. The number of hydrogen-bond donors (Lipinski definition) is 1. The molecular formula is C10H21NO2. The molecule has 0 fully saturated rings. The van der Waals surface area contributed by atoms with Gasteiger partial charge in [0, 0.05) is 6.04 Å². The highest BCUT2D eigenvalue weighted by molar-refractivity contribution is 5.75. The van der Waals surface area contributed by atoms with Crippen molar-refractivity contribution in [3.05, 3.63) is 0 Å². The summed E-state index contributed by atoms with van der Waals surface area (Å²) in [5.41, 5.74) is 0. The highest BCUT2D eigenvalue weighted by Gasteiger charge is 2.14. The Morgan fingerprint density at radius 2 is 1.77 bits per heavy atom. The summed E-state index contributed by atoms with van der Waals surface area (Å²) in [7, 11) is 0. The average Bonchev–Trinajstić information content (AvgIpc) is 1.98. The Labute approximate surface area is 80.8 Å². The second-order valence-electron chi connectivity index (χ2n) is 4.07. The van der Waals surface area contributed by atoms with Crippen molar-refractivity contribution in [3.8, 4) is 0 Å². The van der Waals surface area contributed by atoms with Crippen molar-refractivity contribution < 1.29 is 9.53 Å². The predicted molar refractivity (Wildman–Crippen MR) is 53.5 cm³/mol. The van der Waals surface area contributed by atoms with Crippen molar-refractivity contribution >= 4 is 5.97 Å². The fourth-order valence-corrected chi connectivity index (χ4v) is 0.942. The van der Waals surface area contributed by atoms with Crippen LogP contribution in [-0.2, 0) is 9.53 Å². The first kappa shape index (κ1) is 12.4. The number of nitrogens with one attached hydrogen (secondary N) is 1. The molecule has 0 rings (SSSR count). The monoisotopic (exact) mass is 187 g/mol. The average molecular weight is 187 g/mol. The van der Waals surface area contributed by atoms with E-state index >= 15 is 0 Å². The van der Waals surface area contributed by atoms with Crippen molar-refractivity contribution in [2.24, 2.45) is 5.92 Å². The zero-order valence-electron chi connectivity index (χ0n) is 9.26. The van der Waals surface area contributed by atoms with E-state index < -0.39 is 0 Å². The van der Waals surface area contributed by atoms with Gasteiger partial charge in [0.15, 0.2) is 0 Å². The van der Waals surface area contributed by atoms with Crippen LogP contribution in [-0.4, -0.2) is 24.7 Å². The largest absolute Gasteiger partial charge is 0.464 e. The number of esters is 1. The smallest absolute Gasteiger partial charge is 0.322 e. The van der Waals surface area contributed by atoms with Crippen LogP contribution in [0.1, 0.15) is 34.6 Å². The van der Waals surface area contributed by atoms with E-state index in [1.165, 1.54) is 0 Å². The quantitative estimate of drug-likeness (QED) is 0.664. The van der Waals surface area contributed by atoms with Crippen molar-refractivity contribution in [3.63, 3.8) is 0 Å². The van der Waals surface area contributed by atoms with Gasteiger partial charge in [-0.05, 0) is 12.8 Å². The predicted octanol–water partition coefficient (Wildman–Crippen LogP) is 1.57. The number of hydrogen-bond acceptors (Lipinski definition) is 3. The Balaban J connectivity index is 3.69. The molecule has 0 saturated carbocycles. The third kappa shape index (κ3) is 6.58. The summed E-state index contributed by atoms with van der Waals surface area (Å²) in [6, 6.07) is 0.0975. The van der Waals surface area contributed by atoms with Gasteiger partial charge in [-0.1, -0.05) is 27.7 Å². The lowest BCUT2D eigenvalue weighted by Crippen LogP contribution is -2.39. The number of ether oxygens (including phenoxy) is 1. The molecule has 0 aromatic heterocycles. The zero-order chi connectivity index (χ0) is 10.4. The number of rotatable bonds is 5. The van der Waals surface area contributed by atoms with Crippen LogP contribution >= 0.6 is 0 Å². The minimum absolute atomic E-state index is 0.164. The van der Waals surface area contributed by atoms with Crippen LogP contribution in [0.3, 0.4) is 0 Å². The standard InChI is InChI=1S/C10H21NO2/c1-7(2)6-13-10(12)9(5)11-8(3)4/h7-9,11H,6H2,1-5H3/t9-/m1/s1. The van der Waals surface area contributed by atoms with Gasteiger partial charge < -0.3 is 10.1 Å². The third-order valence-electron chi connectivity index (χ3n) is 1.50. The van der Waals surface area contributed by atoms with Crippen molar-refractivity contribution in [1.82, 2.24) is 5.32 Å².